The van der Waals surface area contributed by atoms with Gasteiger partial charge >= 0.3 is 0 Å². The van der Waals surface area contributed by atoms with Crippen LogP contribution in [0.4, 0.5) is 0 Å². The Morgan fingerprint density at radius 2 is 1.88 bits per heavy atom. The lowest BCUT2D eigenvalue weighted by Gasteiger charge is -2.37. The van der Waals surface area contributed by atoms with Crippen LogP contribution in [0.25, 0.3) is 0 Å². The molecule has 0 bridgehead atoms. The van der Waals surface area contributed by atoms with Crippen molar-refractivity contribution in [2.45, 2.75) is 76.0 Å². The average Bonchev–Trinajstić information content (AvgIpc) is 2.74. The van der Waals surface area contributed by atoms with E-state index >= 15 is 0 Å². The van der Waals surface area contributed by atoms with Gasteiger partial charge in [0, 0.05) is 12.6 Å². The first kappa shape index (κ1) is 13.3. The zero-order valence-corrected chi connectivity index (χ0v) is 11.0. The molecule has 2 rings (SSSR count). The van der Waals surface area contributed by atoms with E-state index in [1.165, 1.54) is 6.42 Å². The summed E-state index contributed by atoms with van der Waals surface area (Å²) in [6.07, 6.45) is 8.25. The van der Waals surface area contributed by atoms with Gasteiger partial charge in [0.2, 0.25) is 0 Å². The second-order valence-electron chi connectivity index (χ2n) is 6.06. The van der Waals surface area contributed by atoms with Gasteiger partial charge in [-0.25, -0.2) is 0 Å². The number of nitrogens with one attached hydrogen (secondary N) is 1. The van der Waals surface area contributed by atoms with Gasteiger partial charge in [-0.2, -0.15) is 0 Å². The van der Waals surface area contributed by atoms with Crippen molar-refractivity contribution in [3.05, 3.63) is 0 Å². The average molecular weight is 241 g/mol. The predicted molar refractivity (Wildman–Crippen MR) is 68.8 cm³/mol. The molecule has 0 heterocycles. The number of hydrogen-bond acceptors (Lipinski definition) is 3. The molecule has 2 aliphatic carbocycles. The summed E-state index contributed by atoms with van der Waals surface area (Å²) >= 11 is 0. The molecule has 0 amide bonds. The minimum Gasteiger partial charge on any atom is -0.392 e. The van der Waals surface area contributed by atoms with Crippen LogP contribution in [0, 0.1) is 5.92 Å². The maximum absolute atomic E-state index is 10.5. The van der Waals surface area contributed by atoms with Gasteiger partial charge in [0.05, 0.1) is 11.7 Å². The first-order chi connectivity index (χ1) is 8.13. The van der Waals surface area contributed by atoms with E-state index < -0.39 is 5.60 Å². The molecular formula is C14H27NO2. The summed E-state index contributed by atoms with van der Waals surface area (Å²) in [6, 6.07) is 0.211. The Labute approximate surface area is 105 Å². The van der Waals surface area contributed by atoms with Crippen LogP contribution in [0.2, 0.25) is 0 Å². The van der Waals surface area contributed by atoms with Crippen LogP contribution in [0.1, 0.15) is 58.3 Å². The highest BCUT2D eigenvalue weighted by Gasteiger charge is 2.34. The fraction of sp³-hybridized carbons (Fsp3) is 1.00. The minimum atomic E-state index is -0.520. The van der Waals surface area contributed by atoms with Gasteiger partial charge in [-0.05, 0) is 50.9 Å². The summed E-state index contributed by atoms with van der Waals surface area (Å²) in [4.78, 5) is 0. The molecular weight excluding hydrogens is 214 g/mol. The Morgan fingerprint density at radius 3 is 2.41 bits per heavy atom. The van der Waals surface area contributed by atoms with Gasteiger partial charge in [0.1, 0.15) is 0 Å². The summed E-state index contributed by atoms with van der Waals surface area (Å²) in [5, 5.41) is 23.6. The lowest BCUT2D eigenvalue weighted by atomic mass is 9.78. The first-order valence-electron chi connectivity index (χ1n) is 7.27. The number of rotatable bonds is 4. The highest BCUT2D eigenvalue weighted by molar-refractivity contribution is 4.90. The first-order valence-corrected chi connectivity index (χ1v) is 7.27. The predicted octanol–water partition coefficient (Wildman–Crippen LogP) is 1.82. The van der Waals surface area contributed by atoms with Crippen LogP contribution >= 0.6 is 0 Å². The van der Waals surface area contributed by atoms with Gasteiger partial charge in [0.15, 0.2) is 0 Å². The normalized spacial score (nSPS) is 42.9. The number of aliphatic hydroxyl groups is 2. The molecule has 17 heavy (non-hydrogen) atoms. The zero-order valence-electron chi connectivity index (χ0n) is 11.0. The summed E-state index contributed by atoms with van der Waals surface area (Å²) in [6.45, 7) is 2.90. The van der Waals surface area contributed by atoms with Crippen LogP contribution in [0.3, 0.4) is 0 Å². The molecule has 3 heteroatoms. The van der Waals surface area contributed by atoms with E-state index in [-0.39, 0.29) is 12.1 Å². The van der Waals surface area contributed by atoms with Crippen LogP contribution in [0.15, 0.2) is 0 Å². The van der Waals surface area contributed by atoms with Crippen LogP contribution in [-0.4, -0.2) is 34.5 Å². The summed E-state index contributed by atoms with van der Waals surface area (Å²) in [5.41, 5.74) is -0.520. The molecule has 0 saturated heterocycles. The van der Waals surface area contributed by atoms with Crippen LogP contribution < -0.4 is 5.32 Å². The van der Waals surface area contributed by atoms with Crippen LogP contribution in [0.5, 0.6) is 0 Å². The van der Waals surface area contributed by atoms with Crippen molar-refractivity contribution in [1.82, 2.24) is 5.32 Å². The Balaban J connectivity index is 1.74. The van der Waals surface area contributed by atoms with Crippen molar-refractivity contribution in [1.29, 1.82) is 0 Å². The van der Waals surface area contributed by atoms with Crippen molar-refractivity contribution in [3.63, 3.8) is 0 Å². The third kappa shape index (κ3) is 3.43. The van der Waals surface area contributed by atoms with Gasteiger partial charge in [0.25, 0.3) is 0 Å². The third-order valence-corrected chi connectivity index (χ3v) is 4.79. The van der Waals surface area contributed by atoms with E-state index in [1.807, 2.05) is 0 Å². The van der Waals surface area contributed by atoms with E-state index in [0.29, 0.717) is 6.54 Å². The molecule has 0 aromatic heterocycles. The smallest absolute Gasteiger partial charge is 0.0771 e. The molecule has 3 nitrogen and oxygen atoms in total. The van der Waals surface area contributed by atoms with Crippen molar-refractivity contribution < 1.29 is 10.2 Å². The molecule has 0 spiro atoms. The lowest BCUT2D eigenvalue weighted by Crippen LogP contribution is -2.48. The highest BCUT2D eigenvalue weighted by Crippen LogP contribution is 2.33. The Bertz CT molecular complexity index is 236. The molecule has 2 atom stereocenters. The van der Waals surface area contributed by atoms with Gasteiger partial charge in [-0.3, -0.25) is 0 Å². The fourth-order valence-electron chi connectivity index (χ4n) is 3.30. The van der Waals surface area contributed by atoms with E-state index in [0.717, 1.165) is 50.9 Å². The topological polar surface area (TPSA) is 52.5 Å². The summed E-state index contributed by atoms with van der Waals surface area (Å²) < 4.78 is 0. The highest BCUT2D eigenvalue weighted by atomic mass is 16.3. The standard InChI is InChI=1S/C14H27NO2/c1-2-11-6-8-14(17,9-7-11)10-15-12-4-3-5-13(12)16/h11-13,15-17H,2-10H2,1H3/t11?,12-,13-,14?/m0/s1. The molecule has 3 N–H and O–H groups in total. The largest absolute Gasteiger partial charge is 0.392 e. The lowest BCUT2D eigenvalue weighted by molar-refractivity contribution is -0.0135. The minimum absolute atomic E-state index is 0.203. The quantitative estimate of drug-likeness (QED) is 0.704. The molecule has 2 aliphatic rings. The van der Waals surface area contributed by atoms with Crippen LogP contribution in [-0.2, 0) is 0 Å². The van der Waals surface area contributed by atoms with Gasteiger partial charge in [-0.1, -0.05) is 13.3 Å². The van der Waals surface area contributed by atoms with Crippen molar-refractivity contribution in [3.8, 4) is 0 Å². The van der Waals surface area contributed by atoms with Gasteiger partial charge in [-0.15, -0.1) is 0 Å². The second-order valence-corrected chi connectivity index (χ2v) is 6.06. The maximum atomic E-state index is 10.5. The molecule has 0 aliphatic heterocycles. The monoisotopic (exact) mass is 241 g/mol. The Hall–Kier alpha value is -0.120. The molecule has 2 saturated carbocycles. The number of aliphatic hydroxyl groups excluding tert-OH is 1. The van der Waals surface area contributed by atoms with Crippen molar-refractivity contribution in [2.24, 2.45) is 5.92 Å². The molecule has 0 radical (unpaired) electrons. The molecule has 100 valence electrons. The number of hydrogen-bond donors (Lipinski definition) is 3. The zero-order chi connectivity index (χ0) is 12.3. The second kappa shape index (κ2) is 5.68. The fourth-order valence-corrected chi connectivity index (χ4v) is 3.30. The van der Waals surface area contributed by atoms with E-state index in [4.69, 9.17) is 0 Å². The molecule has 0 aromatic carbocycles. The summed E-state index contributed by atoms with van der Waals surface area (Å²) in [7, 11) is 0. The molecule has 0 aromatic rings. The van der Waals surface area contributed by atoms with Crippen molar-refractivity contribution >= 4 is 0 Å². The van der Waals surface area contributed by atoms with Gasteiger partial charge < -0.3 is 15.5 Å². The Morgan fingerprint density at radius 1 is 1.18 bits per heavy atom. The van der Waals surface area contributed by atoms with E-state index in [1.54, 1.807) is 0 Å². The maximum Gasteiger partial charge on any atom is 0.0771 e. The molecule has 2 fully saturated rings. The molecule has 0 unspecified atom stereocenters. The van der Waals surface area contributed by atoms with E-state index in [2.05, 4.69) is 12.2 Å². The summed E-state index contributed by atoms with van der Waals surface area (Å²) in [5.74, 6) is 0.812. The van der Waals surface area contributed by atoms with Crippen molar-refractivity contribution in [2.75, 3.05) is 6.54 Å². The SMILES string of the molecule is CCC1CCC(O)(CN[C@H]2CCC[C@@H]2O)CC1. The van der Waals surface area contributed by atoms with E-state index in [9.17, 15) is 10.2 Å². The Kier molecular flexibility index (Phi) is 4.45. The third-order valence-electron chi connectivity index (χ3n) is 4.79.